The zero-order valence-corrected chi connectivity index (χ0v) is 10.7. The van der Waals surface area contributed by atoms with Crippen LogP contribution in [0, 0.1) is 0 Å². The molecule has 0 radical (unpaired) electrons. The Morgan fingerprint density at radius 3 is 2.94 bits per heavy atom. The van der Waals surface area contributed by atoms with Gasteiger partial charge in [-0.15, -0.1) is 0 Å². The fraction of sp³-hybridized carbons (Fsp3) is 0.917. The van der Waals surface area contributed by atoms with E-state index in [1.54, 1.807) is 0 Å². The number of nitrogens with one attached hydrogen (secondary N) is 1. The molecule has 1 amide bonds. The third-order valence-electron chi connectivity index (χ3n) is 2.99. The Balaban J connectivity index is 2.16. The number of carbonyl (C=O) groups is 1. The highest BCUT2D eigenvalue weighted by atomic mass is 16.5. The highest BCUT2D eigenvalue weighted by Crippen LogP contribution is 2.15. The van der Waals surface area contributed by atoms with E-state index in [-0.39, 0.29) is 18.6 Å². The second-order valence-corrected chi connectivity index (χ2v) is 4.59. The van der Waals surface area contributed by atoms with Crippen LogP contribution in [0.3, 0.4) is 0 Å². The van der Waals surface area contributed by atoms with Crippen molar-refractivity contribution in [2.45, 2.75) is 45.8 Å². The molecule has 1 rings (SSSR count). The van der Waals surface area contributed by atoms with Gasteiger partial charge in [0.1, 0.15) is 6.61 Å². The van der Waals surface area contributed by atoms with Crippen LogP contribution in [-0.4, -0.2) is 49.2 Å². The molecule has 0 bridgehead atoms. The Morgan fingerprint density at radius 2 is 2.31 bits per heavy atom. The fourth-order valence-corrected chi connectivity index (χ4v) is 2.07. The Hall–Kier alpha value is -0.610. The minimum atomic E-state index is -0.00310. The lowest BCUT2D eigenvalue weighted by Gasteiger charge is -2.22. The van der Waals surface area contributed by atoms with Gasteiger partial charge < -0.3 is 10.1 Å². The van der Waals surface area contributed by atoms with Gasteiger partial charge in [0.05, 0.1) is 6.10 Å². The SMILES string of the molecule is CCN1CCCC1CNC(=O)COC(C)C. The summed E-state index contributed by atoms with van der Waals surface area (Å²) in [5.74, 6) is -0.00310. The number of likely N-dealkylation sites (N-methyl/N-ethyl adjacent to an activating group) is 1. The Kier molecular flexibility index (Phi) is 5.77. The van der Waals surface area contributed by atoms with Crippen LogP contribution in [-0.2, 0) is 9.53 Å². The predicted molar refractivity (Wildman–Crippen MR) is 64.4 cm³/mol. The van der Waals surface area contributed by atoms with Crippen LogP contribution >= 0.6 is 0 Å². The molecule has 1 saturated heterocycles. The highest BCUT2D eigenvalue weighted by molar-refractivity contribution is 5.77. The number of ether oxygens (including phenoxy) is 1. The van der Waals surface area contributed by atoms with E-state index in [0.29, 0.717) is 6.04 Å². The average Bonchev–Trinajstić information content (AvgIpc) is 2.70. The van der Waals surface area contributed by atoms with Crippen molar-refractivity contribution in [1.29, 1.82) is 0 Å². The molecule has 1 heterocycles. The molecule has 0 aromatic carbocycles. The second kappa shape index (κ2) is 6.86. The predicted octanol–water partition coefficient (Wildman–Crippen LogP) is 1.01. The Bertz CT molecular complexity index is 219. The van der Waals surface area contributed by atoms with Crippen LogP contribution in [0.15, 0.2) is 0 Å². The minimum absolute atomic E-state index is 0.00310. The molecular formula is C12H24N2O2. The van der Waals surface area contributed by atoms with Crippen molar-refractivity contribution in [3.63, 3.8) is 0 Å². The van der Waals surface area contributed by atoms with Gasteiger partial charge in [0, 0.05) is 12.6 Å². The third-order valence-corrected chi connectivity index (χ3v) is 2.99. The number of amides is 1. The summed E-state index contributed by atoms with van der Waals surface area (Å²) in [4.78, 5) is 13.9. The van der Waals surface area contributed by atoms with Crippen LogP contribution in [0.1, 0.15) is 33.6 Å². The molecule has 16 heavy (non-hydrogen) atoms. The first-order chi connectivity index (χ1) is 7.63. The highest BCUT2D eigenvalue weighted by Gasteiger charge is 2.22. The van der Waals surface area contributed by atoms with Crippen molar-refractivity contribution in [2.75, 3.05) is 26.2 Å². The lowest BCUT2D eigenvalue weighted by molar-refractivity contribution is -0.127. The molecule has 1 aliphatic heterocycles. The summed E-state index contributed by atoms with van der Waals surface area (Å²) in [5.41, 5.74) is 0. The summed E-state index contributed by atoms with van der Waals surface area (Å²) in [7, 11) is 0. The molecule has 1 N–H and O–H groups in total. The average molecular weight is 228 g/mol. The lowest BCUT2D eigenvalue weighted by Crippen LogP contribution is -2.41. The monoisotopic (exact) mass is 228 g/mol. The van der Waals surface area contributed by atoms with Crippen LogP contribution in [0.5, 0.6) is 0 Å². The number of rotatable bonds is 6. The maximum absolute atomic E-state index is 11.4. The molecule has 1 atom stereocenters. The van der Waals surface area contributed by atoms with Crippen molar-refractivity contribution in [1.82, 2.24) is 10.2 Å². The van der Waals surface area contributed by atoms with Gasteiger partial charge >= 0.3 is 0 Å². The van der Waals surface area contributed by atoms with Gasteiger partial charge in [0.25, 0.3) is 0 Å². The standard InChI is InChI=1S/C12H24N2O2/c1-4-14-7-5-6-11(14)8-13-12(15)9-16-10(2)3/h10-11H,4-9H2,1-3H3,(H,13,15). The fourth-order valence-electron chi connectivity index (χ4n) is 2.07. The summed E-state index contributed by atoms with van der Waals surface area (Å²) in [6, 6.07) is 0.521. The van der Waals surface area contributed by atoms with E-state index in [2.05, 4.69) is 17.1 Å². The van der Waals surface area contributed by atoms with E-state index in [4.69, 9.17) is 4.74 Å². The van der Waals surface area contributed by atoms with E-state index >= 15 is 0 Å². The number of carbonyl (C=O) groups excluding carboxylic acids is 1. The molecule has 4 heteroatoms. The van der Waals surface area contributed by atoms with Crippen LogP contribution in [0.25, 0.3) is 0 Å². The van der Waals surface area contributed by atoms with Crippen molar-refractivity contribution in [3.8, 4) is 0 Å². The molecule has 0 saturated carbocycles. The third kappa shape index (κ3) is 4.49. The molecular weight excluding hydrogens is 204 g/mol. The summed E-state index contributed by atoms with van der Waals surface area (Å²) < 4.78 is 5.25. The van der Waals surface area contributed by atoms with Gasteiger partial charge in [0.15, 0.2) is 0 Å². The normalized spacial score (nSPS) is 21.6. The minimum Gasteiger partial charge on any atom is -0.369 e. The maximum atomic E-state index is 11.4. The van der Waals surface area contributed by atoms with Crippen LogP contribution in [0.2, 0.25) is 0 Å². The summed E-state index contributed by atoms with van der Waals surface area (Å²) in [6.45, 7) is 9.21. The van der Waals surface area contributed by atoms with Crippen molar-refractivity contribution in [2.24, 2.45) is 0 Å². The maximum Gasteiger partial charge on any atom is 0.246 e. The Labute approximate surface area is 98.3 Å². The first-order valence-corrected chi connectivity index (χ1v) is 6.25. The lowest BCUT2D eigenvalue weighted by atomic mass is 10.2. The van der Waals surface area contributed by atoms with Gasteiger partial charge in [0.2, 0.25) is 5.91 Å². The molecule has 0 aromatic rings. The molecule has 0 aliphatic carbocycles. The van der Waals surface area contributed by atoms with Crippen molar-refractivity contribution in [3.05, 3.63) is 0 Å². The van der Waals surface area contributed by atoms with E-state index in [1.165, 1.54) is 19.4 Å². The second-order valence-electron chi connectivity index (χ2n) is 4.59. The number of likely N-dealkylation sites (tertiary alicyclic amines) is 1. The molecule has 1 aliphatic rings. The summed E-state index contributed by atoms with van der Waals surface area (Å²) in [6.07, 6.45) is 2.56. The topological polar surface area (TPSA) is 41.6 Å². The van der Waals surface area contributed by atoms with Gasteiger partial charge in [-0.2, -0.15) is 0 Å². The number of nitrogens with zero attached hydrogens (tertiary/aromatic N) is 1. The van der Waals surface area contributed by atoms with E-state index in [1.807, 2.05) is 13.8 Å². The Morgan fingerprint density at radius 1 is 1.56 bits per heavy atom. The van der Waals surface area contributed by atoms with Gasteiger partial charge in [-0.3, -0.25) is 9.69 Å². The quantitative estimate of drug-likeness (QED) is 0.738. The van der Waals surface area contributed by atoms with Crippen molar-refractivity contribution < 1.29 is 9.53 Å². The summed E-state index contributed by atoms with van der Waals surface area (Å²) in [5, 5.41) is 2.94. The van der Waals surface area contributed by atoms with E-state index in [0.717, 1.165) is 13.1 Å². The summed E-state index contributed by atoms with van der Waals surface area (Å²) >= 11 is 0. The molecule has 0 spiro atoms. The first-order valence-electron chi connectivity index (χ1n) is 6.25. The number of hydrogen-bond acceptors (Lipinski definition) is 3. The van der Waals surface area contributed by atoms with Crippen LogP contribution < -0.4 is 5.32 Å². The van der Waals surface area contributed by atoms with Gasteiger partial charge in [-0.1, -0.05) is 6.92 Å². The van der Waals surface area contributed by atoms with Gasteiger partial charge in [-0.25, -0.2) is 0 Å². The molecule has 94 valence electrons. The molecule has 0 aromatic heterocycles. The smallest absolute Gasteiger partial charge is 0.246 e. The number of hydrogen-bond donors (Lipinski definition) is 1. The molecule has 4 nitrogen and oxygen atoms in total. The van der Waals surface area contributed by atoms with Crippen molar-refractivity contribution >= 4 is 5.91 Å². The zero-order valence-electron chi connectivity index (χ0n) is 10.7. The van der Waals surface area contributed by atoms with Crippen LogP contribution in [0.4, 0.5) is 0 Å². The van der Waals surface area contributed by atoms with E-state index < -0.39 is 0 Å². The molecule has 1 unspecified atom stereocenters. The first kappa shape index (κ1) is 13.5. The largest absolute Gasteiger partial charge is 0.369 e. The molecule has 1 fully saturated rings. The zero-order chi connectivity index (χ0) is 12.0. The van der Waals surface area contributed by atoms with E-state index in [9.17, 15) is 4.79 Å². The van der Waals surface area contributed by atoms with Gasteiger partial charge in [-0.05, 0) is 39.8 Å².